The summed E-state index contributed by atoms with van der Waals surface area (Å²) in [7, 11) is 0. The van der Waals surface area contributed by atoms with Crippen molar-refractivity contribution in [3.8, 4) is 0 Å². The Labute approximate surface area is 147 Å². The molecule has 1 aromatic carbocycles. The van der Waals surface area contributed by atoms with Crippen molar-refractivity contribution in [3.63, 3.8) is 0 Å². The average Bonchev–Trinajstić information content (AvgIpc) is 3.20. The fourth-order valence-corrected chi connectivity index (χ4v) is 3.79. The number of morpholine rings is 1. The molecule has 5 heteroatoms. The number of para-hydroxylation sites is 1. The number of hydrogen-bond donors (Lipinski definition) is 0. The molecule has 3 heterocycles. The van der Waals surface area contributed by atoms with Gasteiger partial charge < -0.3 is 14.4 Å². The zero-order valence-corrected chi connectivity index (χ0v) is 14.4. The van der Waals surface area contributed by atoms with E-state index in [1.807, 2.05) is 29.3 Å². The Kier molecular flexibility index (Phi) is 4.95. The molecular weight excluding hydrogens is 316 g/mol. The Balaban J connectivity index is 1.41. The molecule has 2 aliphatic heterocycles. The first-order valence-electron chi connectivity index (χ1n) is 9.14. The van der Waals surface area contributed by atoms with Crippen LogP contribution in [-0.4, -0.2) is 54.3 Å². The molecule has 2 aliphatic rings. The van der Waals surface area contributed by atoms with Crippen LogP contribution in [0.3, 0.4) is 0 Å². The Hall–Kier alpha value is -1.98. The number of aromatic nitrogens is 1. The van der Waals surface area contributed by atoms with Crippen LogP contribution in [0.5, 0.6) is 0 Å². The van der Waals surface area contributed by atoms with E-state index in [4.69, 9.17) is 9.47 Å². The third-order valence-electron chi connectivity index (χ3n) is 5.15. The Morgan fingerprint density at radius 1 is 1.28 bits per heavy atom. The van der Waals surface area contributed by atoms with Gasteiger partial charge in [0.2, 0.25) is 5.91 Å². The average molecular weight is 340 g/mol. The Bertz CT molecular complexity index is 743. The topological polar surface area (TPSA) is 51.7 Å². The zero-order valence-electron chi connectivity index (χ0n) is 14.4. The predicted octanol–water partition coefficient (Wildman–Crippen LogP) is 2.57. The van der Waals surface area contributed by atoms with Gasteiger partial charge in [0.25, 0.3) is 0 Å². The summed E-state index contributed by atoms with van der Waals surface area (Å²) in [5, 5.41) is 1.12. The molecular formula is C20H24N2O3. The van der Waals surface area contributed by atoms with E-state index in [0.717, 1.165) is 35.9 Å². The van der Waals surface area contributed by atoms with Crippen molar-refractivity contribution >= 4 is 16.8 Å². The Morgan fingerprint density at radius 2 is 2.20 bits per heavy atom. The van der Waals surface area contributed by atoms with Crippen LogP contribution in [0.4, 0.5) is 0 Å². The monoisotopic (exact) mass is 340 g/mol. The number of hydrogen-bond acceptors (Lipinski definition) is 4. The highest BCUT2D eigenvalue weighted by Gasteiger charge is 2.35. The van der Waals surface area contributed by atoms with Crippen molar-refractivity contribution in [1.29, 1.82) is 0 Å². The summed E-state index contributed by atoms with van der Waals surface area (Å²) >= 11 is 0. The number of nitrogens with zero attached hydrogens (tertiary/aromatic N) is 2. The van der Waals surface area contributed by atoms with Gasteiger partial charge in [-0.15, -0.1) is 0 Å². The summed E-state index contributed by atoms with van der Waals surface area (Å²) < 4.78 is 11.4. The van der Waals surface area contributed by atoms with Crippen LogP contribution in [0, 0.1) is 0 Å². The molecule has 2 fully saturated rings. The van der Waals surface area contributed by atoms with Gasteiger partial charge in [-0.25, -0.2) is 0 Å². The number of benzene rings is 1. The van der Waals surface area contributed by atoms with Gasteiger partial charge in [-0.3, -0.25) is 9.78 Å². The molecule has 2 unspecified atom stereocenters. The maximum atomic E-state index is 12.8. The third-order valence-corrected chi connectivity index (χ3v) is 5.15. The maximum absolute atomic E-state index is 12.8. The quantitative estimate of drug-likeness (QED) is 0.858. The standard InChI is InChI=1S/C20H24N2O3/c23-20(22-9-11-24-14-18(22)19-6-3-10-25-19)8-7-15-12-16-4-1-2-5-17(16)21-13-15/h1-2,4-5,12-13,18-19H,3,6-11,14H2. The summed E-state index contributed by atoms with van der Waals surface area (Å²) in [5.74, 6) is 0.192. The van der Waals surface area contributed by atoms with E-state index in [-0.39, 0.29) is 18.1 Å². The van der Waals surface area contributed by atoms with Gasteiger partial charge >= 0.3 is 0 Å². The first kappa shape index (κ1) is 16.5. The lowest BCUT2D eigenvalue weighted by atomic mass is 10.0. The lowest BCUT2D eigenvalue weighted by Crippen LogP contribution is -2.54. The van der Waals surface area contributed by atoms with Crippen molar-refractivity contribution in [1.82, 2.24) is 9.88 Å². The van der Waals surface area contributed by atoms with Crippen molar-refractivity contribution in [2.24, 2.45) is 0 Å². The first-order valence-corrected chi connectivity index (χ1v) is 9.14. The van der Waals surface area contributed by atoms with Gasteiger partial charge in [0.15, 0.2) is 0 Å². The molecule has 5 nitrogen and oxygen atoms in total. The summed E-state index contributed by atoms with van der Waals surface area (Å²) in [6, 6.07) is 10.3. The van der Waals surface area contributed by atoms with Gasteiger partial charge in [-0.1, -0.05) is 18.2 Å². The van der Waals surface area contributed by atoms with E-state index in [2.05, 4.69) is 17.1 Å². The fraction of sp³-hybridized carbons (Fsp3) is 0.500. The molecule has 1 amide bonds. The maximum Gasteiger partial charge on any atom is 0.223 e. The SMILES string of the molecule is O=C(CCc1cnc2ccccc2c1)N1CCOCC1C1CCCO1. The number of amides is 1. The highest BCUT2D eigenvalue weighted by molar-refractivity contribution is 5.79. The minimum atomic E-state index is 0.0680. The predicted molar refractivity (Wildman–Crippen MR) is 95.4 cm³/mol. The van der Waals surface area contributed by atoms with Crippen LogP contribution in [0.25, 0.3) is 10.9 Å². The minimum absolute atomic E-state index is 0.0680. The van der Waals surface area contributed by atoms with E-state index in [1.165, 1.54) is 0 Å². The zero-order chi connectivity index (χ0) is 17.1. The highest BCUT2D eigenvalue weighted by atomic mass is 16.5. The van der Waals surface area contributed by atoms with E-state index >= 15 is 0 Å². The third kappa shape index (κ3) is 3.67. The van der Waals surface area contributed by atoms with Crippen molar-refractivity contribution in [2.45, 2.75) is 37.8 Å². The number of carbonyl (C=O) groups is 1. The van der Waals surface area contributed by atoms with E-state index in [1.54, 1.807) is 0 Å². The number of rotatable bonds is 4. The van der Waals surface area contributed by atoms with Crippen molar-refractivity contribution < 1.29 is 14.3 Å². The molecule has 4 rings (SSSR count). The summed E-state index contributed by atoms with van der Waals surface area (Å²) in [6.45, 7) is 2.67. The molecule has 2 atom stereocenters. The second kappa shape index (κ2) is 7.50. The molecule has 1 aromatic heterocycles. The number of carbonyl (C=O) groups excluding carboxylic acids is 1. The molecule has 0 saturated carbocycles. The smallest absolute Gasteiger partial charge is 0.223 e. The van der Waals surface area contributed by atoms with E-state index in [9.17, 15) is 4.79 Å². The van der Waals surface area contributed by atoms with Gasteiger partial charge in [-0.05, 0) is 37.0 Å². The molecule has 25 heavy (non-hydrogen) atoms. The lowest BCUT2D eigenvalue weighted by molar-refractivity contribution is -0.145. The second-order valence-electron chi connectivity index (χ2n) is 6.82. The van der Waals surface area contributed by atoms with E-state index in [0.29, 0.717) is 32.6 Å². The molecule has 2 saturated heterocycles. The summed E-state index contributed by atoms with van der Waals surface area (Å²) in [6.07, 6.45) is 5.33. The van der Waals surface area contributed by atoms with E-state index < -0.39 is 0 Å². The Morgan fingerprint density at radius 3 is 3.08 bits per heavy atom. The highest BCUT2D eigenvalue weighted by Crippen LogP contribution is 2.23. The van der Waals surface area contributed by atoms with Gasteiger partial charge in [-0.2, -0.15) is 0 Å². The number of aryl methyl sites for hydroxylation is 1. The van der Waals surface area contributed by atoms with Gasteiger partial charge in [0.05, 0.1) is 30.9 Å². The van der Waals surface area contributed by atoms with Crippen molar-refractivity contribution in [3.05, 3.63) is 42.1 Å². The van der Waals surface area contributed by atoms with Crippen LogP contribution in [0.15, 0.2) is 36.5 Å². The number of ether oxygens (including phenoxy) is 2. The molecule has 0 bridgehead atoms. The summed E-state index contributed by atoms with van der Waals surface area (Å²) in [5.41, 5.74) is 2.10. The molecule has 0 spiro atoms. The van der Waals surface area contributed by atoms with Gasteiger partial charge in [0.1, 0.15) is 0 Å². The van der Waals surface area contributed by atoms with Crippen LogP contribution in [0.1, 0.15) is 24.8 Å². The van der Waals surface area contributed by atoms with Crippen molar-refractivity contribution in [2.75, 3.05) is 26.4 Å². The normalized spacial score (nSPS) is 23.9. The molecule has 0 aliphatic carbocycles. The minimum Gasteiger partial charge on any atom is -0.377 e. The van der Waals surface area contributed by atoms with Crippen LogP contribution < -0.4 is 0 Å². The lowest BCUT2D eigenvalue weighted by Gasteiger charge is -2.38. The van der Waals surface area contributed by atoms with Crippen LogP contribution in [-0.2, 0) is 20.7 Å². The summed E-state index contributed by atoms with van der Waals surface area (Å²) in [4.78, 5) is 19.3. The first-order chi connectivity index (χ1) is 12.3. The number of pyridine rings is 1. The molecule has 2 aromatic rings. The number of fused-ring (bicyclic) bond motifs is 1. The van der Waals surface area contributed by atoms with Gasteiger partial charge in [0, 0.05) is 31.2 Å². The van der Waals surface area contributed by atoms with Crippen LogP contribution in [0.2, 0.25) is 0 Å². The molecule has 132 valence electrons. The fourth-order valence-electron chi connectivity index (χ4n) is 3.79. The van der Waals surface area contributed by atoms with Crippen LogP contribution >= 0.6 is 0 Å². The molecule has 0 radical (unpaired) electrons. The molecule has 0 N–H and O–H groups in total. The second-order valence-corrected chi connectivity index (χ2v) is 6.82. The largest absolute Gasteiger partial charge is 0.377 e.